The van der Waals surface area contributed by atoms with Crippen molar-refractivity contribution in [2.75, 3.05) is 7.11 Å². The molecular weight excluding hydrogens is 444 g/mol. The Morgan fingerprint density at radius 2 is 1.76 bits per heavy atom. The molecule has 2 heterocycles. The van der Waals surface area contributed by atoms with Crippen LogP contribution >= 0.6 is 0 Å². The third-order valence-corrected chi connectivity index (χ3v) is 6.87. The number of amides is 3. The number of methoxy groups -OCH3 is 1. The van der Waals surface area contributed by atoms with E-state index in [2.05, 4.69) is 20.3 Å². The third kappa shape index (κ3) is 4.30. The molecule has 0 aliphatic carbocycles. The van der Waals surface area contributed by atoms with Crippen LogP contribution in [0.2, 0.25) is 0 Å². The molecule has 0 radical (unpaired) electrons. The highest BCUT2D eigenvalue weighted by Gasteiger charge is 2.45. The Bertz CT molecular complexity index is 1260. The van der Waals surface area contributed by atoms with Crippen molar-refractivity contribution >= 4 is 22.0 Å². The first-order valence-electron chi connectivity index (χ1n) is 10.0. The third-order valence-electron chi connectivity index (χ3n) is 5.45. The molecule has 1 saturated heterocycles. The average molecular weight is 467 g/mol. The van der Waals surface area contributed by atoms with Gasteiger partial charge in [-0.3, -0.25) is 15.1 Å². The van der Waals surface area contributed by atoms with Gasteiger partial charge in [0.15, 0.2) is 0 Å². The summed E-state index contributed by atoms with van der Waals surface area (Å²) < 4.78 is 34.9. The minimum absolute atomic E-state index is 0.0923. The van der Waals surface area contributed by atoms with Gasteiger partial charge in [0.25, 0.3) is 5.91 Å². The topological polar surface area (TPSA) is 126 Å². The van der Waals surface area contributed by atoms with Crippen LogP contribution in [0.5, 0.6) is 5.75 Å². The molecule has 0 spiro atoms. The van der Waals surface area contributed by atoms with Crippen molar-refractivity contribution in [1.29, 1.82) is 0 Å². The van der Waals surface area contributed by atoms with Crippen LogP contribution in [-0.4, -0.2) is 32.4 Å². The first-order valence-corrected chi connectivity index (χ1v) is 11.5. The van der Waals surface area contributed by atoms with Gasteiger partial charge in [-0.25, -0.2) is 13.2 Å². The van der Waals surface area contributed by atoms with Gasteiger partial charge in [-0.2, -0.15) is 4.72 Å². The van der Waals surface area contributed by atoms with E-state index in [0.29, 0.717) is 11.3 Å². The van der Waals surface area contributed by atoms with E-state index in [1.54, 1.807) is 36.5 Å². The molecule has 2 unspecified atom stereocenters. The number of urea groups is 1. The molecule has 2 aromatic carbocycles. The van der Waals surface area contributed by atoms with Gasteiger partial charge in [0.2, 0.25) is 10.0 Å². The van der Waals surface area contributed by atoms with Crippen LogP contribution in [0.3, 0.4) is 0 Å². The van der Waals surface area contributed by atoms with Crippen LogP contribution in [-0.2, 0) is 20.4 Å². The highest BCUT2D eigenvalue weighted by atomic mass is 32.2. The van der Waals surface area contributed by atoms with E-state index >= 15 is 0 Å². The number of nitrogens with one attached hydrogen (secondary N) is 3. The highest BCUT2D eigenvalue weighted by molar-refractivity contribution is 7.89. The zero-order chi connectivity index (χ0) is 23.6. The molecule has 0 bridgehead atoms. The van der Waals surface area contributed by atoms with E-state index in [0.717, 1.165) is 0 Å². The second-order valence-electron chi connectivity index (χ2n) is 7.61. The van der Waals surface area contributed by atoms with Crippen molar-refractivity contribution in [3.63, 3.8) is 0 Å². The van der Waals surface area contributed by atoms with Crippen molar-refractivity contribution < 1.29 is 22.7 Å². The lowest BCUT2D eigenvalue weighted by Crippen LogP contribution is -2.41. The number of pyridine rings is 1. The molecule has 170 valence electrons. The van der Waals surface area contributed by atoms with Gasteiger partial charge in [0, 0.05) is 11.8 Å². The van der Waals surface area contributed by atoms with Crippen LogP contribution in [0.25, 0.3) is 0 Å². The SMILES string of the molecule is COc1ccc(S(=O)(=O)NC(c2ccccc2)c2ccccn2)cc1C1(C)NC(=O)NC1=O. The smallest absolute Gasteiger partial charge is 0.322 e. The number of imide groups is 1. The molecule has 33 heavy (non-hydrogen) atoms. The fraction of sp³-hybridized carbons (Fsp3) is 0.174. The fourth-order valence-electron chi connectivity index (χ4n) is 3.69. The largest absolute Gasteiger partial charge is 0.496 e. The second-order valence-corrected chi connectivity index (χ2v) is 9.33. The summed E-state index contributed by atoms with van der Waals surface area (Å²) in [5.74, 6) is -0.345. The number of rotatable bonds is 7. The lowest BCUT2D eigenvalue weighted by Gasteiger charge is -2.25. The van der Waals surface area contributed by atoms with Gasteiger partial charge in [0.05, 0.1) is 23.7 Å². The zero-order valence-electron chi connectivity index (χ0n) is 17.9. The summed E-state index contributed by atoms with van der Waals surface area (Å²) in [6.45, 7) is 1.48. The van der Waals surface area contributed by atoms with Crippen molar-refractivity contribution in [2.45, 2.75) is 23.4 Å². The van der Waals surface area contributed by atoms with Gasteiger partial charge in [-0.05, 0) is 42.8 Å². The lowest BCUT2D eigenvalue weighted by molar-refractivity contribution is -0.123. The minimum atomic E-state index is -4.08. The van der Waals surface area contributed by atoms with Gasteiger partial charge >= 0.3 is 6.03 Å². The van der Waals surface area contributed by atoms with Crippen LogP contribution in [0.1, 0.15) is 29.8 Å². The molecule has 10 heteroatoms. The van der Waals surface area contributed by atoms with Crippen LogP contribution in [0.4, 0.5) is 4.79 Å². The Labute approximate surface area is 191 Å². The second kappa shape index (κ2) is 8.64. The maximum Gasteiger partial charge on any atom is 0.322 e. The molecule has 1 fully saturated rings. The standard InChI is InChI=1S/C23H22N4O5S/c1-23(21(28)25-22(29)26-23)17-14-16(11-12-19(17)32-2)33(30,31)27-20(15-8-4-3-5-9-15)18-10-6-7-13-24-18/h3-14,20,27H,1-2H3,(H2,25,26,28,29). The predicted octanol–water partition coefficient (Wildman–Crippen LogP) is 2.21. The summed E-state index contributed by atoms with van der Waals surface area (Å²) in [7, 11) is -2.68. The van der Waals surface area contributed by atoms with Crippen LogP contribution in [0, 0.1) is 0 Å². The molecular formula is C23H22N4O5S. The van der Waals surface area contributed by atoms with Crippen LogP contribution < -0.4 is 20.1 Å². The molecule has 3 aromatic rings. The summed E-state index contributed by atoms with van der Waals surface area (Å²) in [6.07, 6.45) is 1.59. The van der Waals surface area contributed by atoms with Crippen LogP contribution in [0.15, 0.2) is 77.8 Å². The number of carbonyl (C=O) groups excluding carboxylic acids is 2. The van der Waals surface area contributed by atoms with E-state index in [4.69, 9.17) is 4.74 Å². The normalized spacial score (nSPS) is 19.0. The van der Waals surface area contributed by atoms with Crippen molar-refractivity contribution in [3.8, 4) is 5.75 Å². The fourth-order valence-corrected chi connectivity index (χ4v) is 4.92. The highest BCUT2D eigenvalue weighted by Crippen LogP contribution is 2.34. The monoisotopic (exact) mass is 466 g/mol. The zero-order valence-corrected chi connectivity index (χ0v) is 18.7. The molecule has 2 atom stereocenters. The number of hydrogen-bond donors (Lipinski definition) is 3. The van der Waals surface area contributed by atoms with Gasteiger partial charge in [-0.1, -0.05) is 36.4 Å². The van der Waals surface area contributed by atoms with Gasteiger partial charge < -0.3 is 10.1 Å². The Morgan fingerprint density at radius 3 is 2.36 bits per heavy atom. The van der Waals surface area contributed by atoms with Gasteiger partial charge in [0.1, 0.15) is 11.3 Å². The maximum absolute atomic E-state index is 13.4. The maximum atomic E-state index is 13.4. The number of nitrogens with zero attached hydrogens (tertiary/aromatic N) is 1. The number of benzene rings is 2. The molecule has 1 aromatic heterocycles. The molecule has 1 aliphatic heterocycles. The van der Waals surface area contributed by atoms with E-state index in [-0.39, 0.29) is 16.2 Å². The van der Waals surface area contributed by atoms with Crippen molar-refractivity contribution in [2.24, 2.45) is 0 Å². The van der Waals surface area contributed by atoms with Gasteiger partial charge in [-0.15, -0.1) is 0 Å². The molecule has 4 rings (SSSR count). The van der Waals surface area contributed by atoms with E-state index in [1.807, 2.05) is 18.2 Å². The van der Waals surface area contributed by atoms with E-state index in [9.17, 15) is 18.0 Å². The first kappa shape index (κ1) is 22.4. The lowest BCUT2D eigenvalue weighted by atomic mass is 9.91. The number of ether oxygens (including phenoxy) is 1. The van der Waals surface area contributed by atoms with E-state index < -0.39 is 33.5 Å². The van der Waals surface area contributed by atoms with E-state index in [1.165, 1.54) is 32.2 Å². The predicted molar refractivity (Wildman–Crippen MR) is 120 cm³/mol. The summed E-state index contributed by atoms with van der Waals surface area (Å²) >= 11 is 0. The summed E-state index contributed by atoms with van der Waals surface area (Å²) in [4.78, 5) is 28.5. The summed E-state index contributed by atoms with van der Waals surface area (Å²) in [5, 5.41) is 4.71. The number of aromatic nitrogens is 1. The Hall–Kier alpha value is -3.76. The summed E-state index contributed by atoms with van der Waals surface area (Å²) in [5.41, 5.74) is -0.0445. The molecule has 1 aliphatic rings. The molecule has 0 saturated carbocycles. The quantitative estimate of drug-likeness (QED) is 0.458. The van der Waals surface area contributed by atoms with Crippen molar-refractivity contribution in [3.05, 3.63) is 89.7 Å². The minimum Gasteiger partial charge on any atom is -0.496 e. The Balaban J connectivity index is 1.77. The number of hydrogen-bond acceptors (Lipinski definition) is 6. The first-order chi connectivity index (χ1) is 15.7. The number of carbonyl (C=O) groups is 2. The average Bonchev–Trinajstić information content (AvgIpc) is 3.10. The molecule has 3 N–H and O–H groups in total. The molecule has 9 nitrogen and oxygen atoms in total. The summed E-state index contributed by atoms with van der Waals surface area (Å²) in [6, 6.07) is 17.1. The number of sulfonamides is 1. The van der Waals surface area contributed by atoms with Crippen molar-refractivity contribution in [1.82, 2.24) is 20.3 Å². The Kier molecular flexibility index (Phi) is 5.88. The molecule has 3 amide bonds. The Morgan fingerprint density at radius 1 is 1.03 bits per heavy atom.